The van der Waals surface area contributed by atoms with Crippen LogP contribution in [0.5, 0.6) is 0 Å². The van der Waals surface area contributed by atoms with E-state index in [9.17, 15) is 0 Å². The number of hydrogen-bond donors (Lipinski definition) is 0. The van der Waals surface area contributed by atoms with Crippen LogP contribution in [0.3, 0.4) is 0 Å². The monoisotopic (exact) mass is 135 g/mol. The highest BCUT2D eigenvalue weighted by Crippen LogP contribution is 2.08. The van der Waals surface area contributed by atoms with Crippen molar-refractivity contribution in [3.63, 3.8) is 0 Å². The Morgan fingerprint density at radius 2 is 2.50 bits per heavy atom. The molecule has 0 saturated carbocycles. The SMILES string of the molecule is CC(C#N)c1nccn1C. The average Bonchev–Trinajstić information content (AvgIpc) is 2.34. The van der Waals surface area contributed by atoms with Crippen molar-refractivity contribution < 1.29 is 0 Å². The van der Waals surface area contributed by atoms with Gasteiger partial charge in [0.25, 0.3) is 0 Å². The van der Waals surface area contributed by atoms with Crippen LogP contribution >= 0.6 is 0 Å². The van der Waals surface area contributed by atoms with E-state index >= 15 is 0 Å². The molecule has 1 unspecified atom stereocenters. The molecule has 3 heteroatoms. The van der Waals surface area contributed by atoms with Crippen LogP contribution in [0.4, 0.5) is 0 Å². The molecule has 52 valence electrons. The maximum absolute atomic E-state index is 8.53. The number of aryl methyl sites for hydroxylation is 1. The largest absolute Gasteiger partial charge is 0.337 e. The zero-order valence-electron chi connectivity index (χ0n) is 6.07. The van der Waals surface area contributed by atoms with Crippen molar-refractivity contribution >= 4 is 0 Å². The fraction of sp³-hybridized carbons (Fsp3) is 0.429. The molecule has 0 N–H and O–H groups in total. The third-order valence-electron chi connectivity index (χ3n) is 1.44. The fourth-order valence-corrected chi connectivity index (χ4v) is 0.852. The van der Waals surface area contributed by atoms with Gasteiger partial charge in [-0.3, -0.25) is 0 Å². The van der Waals surface area contributed by atoms with E-state index in [0.717, 1.165) is 5.82 Å². The average molecular weight is 135 g/mol. The van der Waals surface area contributed by atoms with Gasteiger partial charge in [0.15, 0.2) is 0 Å². The van der Waals surface area contributed by atoms with E-state index in [1.807, 2.05) is 24.7 Å². The molecule has 3 nitrogen and oxygen atoms in total. The van der Waals surface area contributed by atoms with Gasteiger partial charge in [-0.25, -0.2) is 4.98 Å². The Balaban J connectivity index is 2.96. The second kappa shape index (κ2) is 2.53. The predicted molar refractivity (Wildman–Crippen MR) is 37.2 cm³/mol. The summed E-state index contributed by atoms with van der Waals surface area (Å²) in [7, 11) is 1.89. The van der Waals surface area contributed by atoms with E-state index < -0.39 is 0 Å². The number of nitriles is 1. The Morgan fingerprint density at radius 3 is 2.90 bits per heavy atom. The van der Waals surface area contributed by atoms with Crippen LogP contribution in [0.1, 0.15) is 18.7 Å². The Bertz CT molecular complexity index is 256. The topological polar surface area (TPSA) is 41.6 Å². The molecule has 0 aliphatic carbocycles. The first kappa shape index (κ1) is 6.81. The number of nitrogens with zero attached hydrogens (tertiary/aromatic N) is 3. The smallest absolute Gasteiger partial charge is 0.125 e. The van der Waals surface area contributed by atoms with Crippen molar-refractivity contribution in [3.05, 3.63) is 18.2 Å². The van der Waals surface area contributed by atoms with E-state index in [-0.39, 0.29) is 5.92 Å². The highest BCUT2D eigenvalue weighted by Gasteiger charge is 2.06. The summed E-state index contributed by atoms with van der Waals surface area (Å²) in [5.74, 6) is 0.711. The van der Waals surface area contributed by atoms with Gasteiger partial charge in [0.2, 0.25) is 0 Å². The number of aromatic nitrogens is 2. The van der Waals surface area contributed by atoms with E-state index in [0.29, 0.717) is 0 Å². The Hall–Kier alpha value is -1.30. The minimum absolute atomic E-state index is 0.111. The predicted octanol–water partition coefficient (Wildman–Crippen LogP) is 1.05. The van der Waals surface area contributed by atoms with Gasteiger partial charge >= 0.3 is 0 Å². The normalized spacial score (nSPS) is 12.5. The van der Waals surface area contributed by atoms with Gasteiger partial charge in [-0.05, 0) is 6.92 Å². The highest BCUT2D eigenvalue weighted by atomic mass is 15.0. The van der Waals surface area contributed by atoms with Crippen molar-refractivity contribution in [3.8, 4) is 6.07 Å². The summed E-state index contributed by atoms with van der Waals surface area (Å²) in [5, 5.41) is 8.53. The summed E-state index contributed by atoms with van der Waals surface area (Å²) in [6.45, 7) is 1.84. The summed E-state index contributed by atoms with van der Waals surface area (Å²) in [5.41, 5.74) is 0. The fourth-order valence-electron chi connectivity index (χ4n) is 0.852. The standard InChI is InChI=1S/C7H9N3/c1-6(5-8)7-9-3-4-10(7)2/h3-4,6H,1-2H3. The summed E-state index contributed by atoms with van der Waals surface area (Å²) in [6.07, 6.45) is 3.53. The van der Waals surface area contributed by atoms with Crippen LogP contribution in [-0.2, 0) is 7.05 Å². The molecule has 0 fully saturated rings. The van der Waals surface area contributed by atoms with Gasteiger partial charge in [0, 0.05) is 19.4 Å². The van der Waals surface area contributed by atoms with Crippen molar-refractivity contribution in [2.45, 2.75) is 12.8 Å². The Labute approximate surface area is 59.9 Å². The lowest BCUT2D eigenvalue weighted by Crippen LogP contribution is -1.99. The first-order valence-corrected chi connectivity index (χ1v) is 3.12. The lowest BCUT2D eigenvalue weighted by atomic mass is 10.2. The van der Waals surface area contributed by atoms with E-state index in [4.69, 9.17) is 5.26 Å². The maximum Gasteiger partial charge on any atom is 0.125 e. The summed E-state index contributed by atoms with van der Waals surface area (Å²) in [6, 6.07) is 2.12. The molecule has 10 heavy (non-hydrogen) atoms. The molecule has 1 atom stereocenters. The molecule has 1 aromatic rings. The van der Waals surface area contributed by atoms with Crippen LogP contribution in [0.2, 0.25) is 0 Å². The molecular weight excluding hydrogens is 126 g/mol. The van der Waals surface area contributed by atoms with Gasteiger partial charge in [0.05, 0.1) is 6.07 Å². The molecule has 0 saturated heterocycles. The second-order valence-corrected chi connectivity index (χ2v) is 2.25. The van der Waals surface area contributed by atoms with Gasteiger partial charge in [-0.15, -0.1) is 0 Å². The summed E-state index contributed by atoms with van der Waals surface area (Å²) in [4.78, 5) is 4.03. The van der Waals surface area contributed by atoms with Gasteiger partial charge in [0.1, 0.15) is 11.7 Å². The third kappa shape index (κ3) is 1.01. The Morgan fingerprint density at radius 1 is 1.80 bits per heavy atom. The summed E-state index contributed by atoms with van der Waals surface area (Å²) < 4.78 is 1.86. The number of hydrogen-bond acceptors (Lipinski definition) is 2. The quantitative estimate of drug-likeness (QED) is 0.577. The molecular formula is C7H9N3. The lowest BCUT2D eigenvalue weighted by molar-refractivity contribution is 0.762. The molecule has 1 rings (SSSR count). The Kier molecular flexibility index (Phi) is 1.72. The van der Waals surface area contributed by atoms with Crippen molar-refractivity contribution in [1.29, 1.82) is 5.26 Å². The first-order valence-electron chi connectivity index (χ1n) is 3.12. The van der Waals surface area contributed by atoms with Crippen LogP contribution in [0.15, 0.2) is 12.4 Å². The second-order valence-electron chi connectivity index (χ2n) is 2.25. The van der Waals surface area contributed by atoms with Gasteiger partial charge < -0.3 is 4.57 Å². The molecule has 1 heterocycles. The molecule has 0 aliphatic heterocycles. The highest BCUT2D eigenvalue weighted by molar-refractivity contribution is 5.07. The minimum Gasteiger partial charge on any atom is -0.337 e. The number of imidazole rings is 1. The summed E-state index contributed by atoms with van der Waals surface area (Å²) >= 11 is 0. The zero-order chi connectivity index (χ0) is 7.56. The van der Waals surface area contributed by atoms with E-state index in [2.05, 4.69) is 11.1 Å². The molecule has 0 spiro atoms. The minimum atomic E-state index is -0.111. The third-order valence-corrected chi connectivity index (χ3v) is 1.44. The van der Waals surface area contributed by atoms with E-state index in [1.165, 1.54) is 0 Å². The molecule has 1 aromatic heterocycles. The molecule has 0 aliphatic rings. The van der Waals surface area contributed by atoms with Gasteiger partial charge in [-0.2, -0.15) is 5.26 Å². The van der Waals surface area contributed by atoms with Gasteiger partial charge in [-0.1, -0.05) is 0 Å². The van der Waals surface area contributed by atoms with Crippen molar-refractivity contribution in [2.75, 3.05) is 0 Å². The molecule has 0 amide bonds. The maximum atomic E-state index is 8.53. The van der Waals surface area contributed by atoms with Crippen LogP contribution in [0.25, 0.3) is 0 Å². The lowest BCUT2D eigenvalue weighted by Gasteiger charge is -2.00. The number of rotatable bonds is 1. The van der Waals surface area contributed by atoms with Crippen LogP contribution < -0.4 is 0 Å². The molecule has 0 bridgehead atoms. The van der Waals surface area contributed by atoms with Crippen LogP contribution in [0, 0.1) is 11.3 Å². The zero-order valence-corrected chi connectivity index (χ0v) is 6.07. The first-order chi connectivity index (χ1) is 4.75. The van der Waals surface area contributed by atoms with E-state index in [1.54, 1.807) is 6.20 Å². The molecule has 0 radical (unpaired) electrons. The van der Waals surface area contributed by atoms with Crippen molar-refractivity contribution in [1.82, 2.24) is 9.55 Å². The molecule has 0 aromatic carbocycles. The van der Waals surface area contributed by atoms with Crippen LogP contribution in [-0.4, -0.2) is 9.55 Å². The van der Waals surface area contributed by atoms with Crippen molar-refractivity contribution in [2.24, 2.45) is 7.05 Å².